The molecule has 1 aromatic heterocycles. The molecule has 2 rings (SSSR count). The minimum atomic E-state index is -0.0342. The van der Waals surface area contributed by atoms with Gasteiger partial charge < -0.3 is 10.5 Å². The van der Waals surface area contributed by atoms with Crippen molar-refractivity contribution >= 4 is 17.4 Å². The molecule has 4 nitrogen and oxygen atoms in total. The summed E-state index contributed by atoms with van der Waals surface area (Å²) in [6.45, 7) is 0.478. The Hall–Kier alpha value is -2.07. The molecule has 1 heterocycles. The van der Waals surface area contributed by atoms with Crippen LogP contribution in [0, 0.1) is 5.41 Å². The fourth-order valence-corrected chi connectivity index (χ4v) is 1.83. The van der Waals surface area contributed by atoms with Crippen molar-refractivity contribution in [3.8, 4) is 5.75 Å². The van der Waals surface area contributed by atoms with Crippen LogP contribution in [0.4, 0.5) is 0 Å². The number of ether oxygens (including phenoxy) is 1. The second-order valence-corrected chi connectivity index (χ2v) is 4.45. The van der Waals surface area contributed by atoms with Crippen LogP contribution in [0.5, 0.6) is 5.75 Å². The first-order valence-corrected chi connectivity index (χ1v) is 6.20. The van der Waals surface area contributed by atoms with E-state index in [4.69, 9.17) is 27.5 Å². The highest BCUT2D eigenvalue weighted by molar-refractivity contribution is 6.30. The Morgan fingerprint density at radius 1 is 1.37 bits per heavy atom. The number of rotatable bonds is 5. The second-order valence-electron chi connectivity index (χ2n) is 4.01. The maximum Gasteiger partial charge on any atom is 0.131 e. The minimum absolute atomic E-state index is 0.0342. The third-order valence-electron chi connectivity index (χ3n) is 2.60. The summed E-state index contributed by atoms with van der Waals surface area (Å²) in [7, 11) is 0. The summed E-state index contributed by atoms with van der Waals surface area (Å²) in [6.07, 6.45) is 4.26. The molecule has 1 aromatic carbocycles. The van der Waals surface area contributed by atoms with Gasteiger partial charge in [0.25, 0.3) is 0 Å². The average Bonchev–Trinajstić information content (AvgIpc) is 2.39. The Labute approximate surface area is 116 Å². The molecule has 0 aliphatic carbocycles. The van der Waals surface area contributed by atoms with E-state index in [1.165, 1.54) is 0 Å². The summed E-state index contributed by atoms with van der Waals surface area (Å²) < 4.78 is 5.65. The zero-order valence-corrected chi connectivity index (χ0v) is 11.0. The van der Waals surface area contributed by atoms with E-state index in [0.29, 0.717) is 22.9 Å². The molecule has 0 atom stereocenters. The molecule has 5 heteroatoms. The molecular formula is C14H14ClN3O. The maximum absolute atomic E-state index is 7.49. The number of halogens is 1. The molecule has 2 aromatic rings. The van der Waals surface area contributed by atoms with Crippen molar-refractivity contribution in [3.05, 3.63) is 58.9 Å². The smallest absolute Gasteiger partial charge is 0.131 e. The van der Waals surface area contributed by atoms with Gasteiger partial charge in [0.05, 0.1) is 12.2 Å². The Bertz CT molecular complexity index is 572. The summed E-state index contributed by atoms with van der Waals surface area (Å²) >= 11 is 5.92. The van der Waals surface area contributed by atoms with E-state index in [1.54, 1.807) is 30.6 Å². The van der Waals surface area contributed by atoms with Crippen molar-refractivity contribution in [3.63, 3.8) is 0 Å². The standard InChI is InChI=1S/C14H14ClN3O/c15-11-3-4-12(14(16)17)13(8-11)19-7-5-10-2-1-6-18-9-10/h1-4,6,8-9H,5,7H2,(H3,16,17). The molecule has 0 bridgehead atoms. The van der Waals surface area contributed by atoms with Crippen LogP contribution in [0.25, 0.3) is 0 Å². The summed E-state index contributed by atoms with van der Waals surface area (Å²) in [5.74, 6) is 0.497. The van der Waals surface area contributed by atoms with Crippen LogP contribution in [0.3, 0.4) is 0 Å². The quantitative estimate of drug-likeness (QED) is 0.651. The van der Waals surface area contributed by atoms with E-state index < -0.39 is 0 Å². The van der Waals surface area contributed by atoms with Gasteiger partial charge in [-0.2, -0.15) is 0 Å². The summed E-state index contributed by atoms with van der Waals surface area (Å²) in [6, 6.07) is 8.91. The zero-order valence-electron chi connectivity index (χ0n) is 10.3. The fourth-order valence-electron chi connectivity index (χ4n) is 1.66. The molecule has 0 fully saturated rings. The van der Waals surface area contributed by atoms with E-state index in [0.717, 1.165) is 12.0 Å². The number of nitrogens with two attached hydrogens (primary N) is 1. The Kier molecular flexibility index (Phi) is 4.36. The number of amidine groups is 1. The van der Waals surface area contributed by atoms with Crippen LogP contribution < -0.4 is 10.5 Å². The predicted molar refractivity (Wildman–Crippen MR) is 75.9 cm³/mol. The lowest BCUT2D eigenvalue weighted by Gasteiger charge is -2.11. The molecule has 0 saturated carbocycles. The lowest BCUT2D eigenvalue weighted by atomic mass is 10.2. The van der Waals surface area contributed by atoms with Gasteiger partial charge in [-0.25, -0.2) is 0 Å². The maximum atomic E-state index is 7.49. The SMILES string of the molecule is N=C(N)c1ccc(Cl)cc1OCCc1cccnc1. The Balaban J connectivity index is 2.03. The number of benzene rings is 1. The van der Waals surface area contributed by atoms with Crippen molar-refractivity contribution in [2.24, 2.45) is 5.73 Å². The van der Waals surface area contributed by atoms with Crippen LogP contribution in [0.1, 0.15) is 11.1 Å². The van der Waals surface area contributed by atoms with Gasteiger partial charge in [0, 0.05) is 23.8 Å². The second kappa shape index (κ2) is 6.20. The van der Waals surface area contributed by atoms with E-state index in [2.05, 4.69) is 4.98 Å². The zero-order chi connectivity index (χ0) is 13.7. The van der Waals surface area contributed by atoms with E-state index in [9.17, 15) is 0 Å². The highest BCUT2D eigenvalue weighted by Crippen LogP contribution is 2.23. The number of aromatic nitrogens is 1. The summed E-state index contributed by atoms with van der Waals surface area (Å²) in [5, 5.41) is 8.05. The van der Waals surface area contributed by atoms with Gasteiger partial charge in [-0.15, -0.1) is 0 Å². The van der Waals surface area contributed by atoms with Crippen LogP contribution in [0.2, 0.25) is 5.02 Å². The summed E-state index contributed by atoms with van der Waals surface area (Å²) in [4.78, 5) is 4.04. The molecule has 19 heavy (non-hydrogen) atoms. The lowest BCUT2D eigenvalue weighted by Crippen LogP contribution is -2.14. The number of hydrogen-bond donors (Lipinski definition) is 2. The monoisotopic (exact) mass is 275 g/mol. The van der Waals surface area contributed by atoms with Gasteiger partial charge in [0.15, 0.2) is 0 Å². The third-order valence-corrected chi connectivity index (χ3v) is 2.84. The molecule has 0 aliphatic rings. The van der Waals surface area contributed by atoms with Gasteiger partial charge in [-0.05, 0) is 29.8 Å². The van der Waals surface area contributed by atoms with Gasteiger partial charge in [-0.3, -0.25) is 10.4 Å². The first kappa shape index (κ1) is 13.4. The van der Waals surface area contributed by atoms with E-state index >= 15 is 0 Å². The number of nitrogens with one attached hydrogen (secondary N) is 1. The Morgan fingerprint density at radius 2 is 2.21 bits per heavy atom. The van der Waals surface area contributed by atoms with Crippen molar-refractivity contribution < 1.29 is 4.74 Å². The van der Waals surface area contributed by atoms with Crippen molar-refractivity contribution in [2.45, 2.75) is 6.42 Å². The van der Waals surface area contributed by atoms with Crippen LogP contribution in [-0.4, -0.2) is 17.4 Å². The molecular weight excluding hydrogens is 262 g/mol. The molecule has 3 N–H and O–H groups in total. The number of hydrogen-bond acceptors (Lipinski definition) is 3. The third kappa shape index (κ3) is 3.69. The lowest BCUT2D eigenvalue weighted by molar-refractivity contribution is 0.321. The van der Waals surface area contributed by atoms with Crippen LogP contribution in [-0.2, 0) is 6.42 Å². The first-order chi connectivity index (χ1) is 9.16. The van der Waals surface area contributed by atoms with Crippen LogP contribution >= 0.6 is 11.6 Å². The first-order valence-electron chi connectivity index (χ1n) is 5.82. The number of nitrogen functional groups attached to an aromatic ring is 1. The van der Waals surface area contributed by atoms with Crippen LogP contribution in [0.15, 0.2) is 42.7 Å². The largest absolute Gasteiger partial charge is 0.492 e. The van der Waals surface area contributed by atoms with Gasteiger partial charge in [-0.1, -0.05) is 17.7 Å². The van der Waals surface area contributed by atoms with E-state index in [1.807, 2.05) is 12.1 Å². The molecule has 0 spiro atoms. The molecule has 0 radical (unpaired) electrons. The predicted octanol–water partition coefficient (Wildman–Crippen LogP) is 2.64. The summed E-state index contributed by atoms with van der Waals surface area (Å²) in [5.41, 5.74) is 7.14. The van der Waals surface area contributed by atoms with E-state index in [-0.39, 0.29) is 5.84 Å². The fraction of sp³-hybridized carbons (Fsp3) is 0.143. The number of pyridine rings is 1. The minimum Gasteiger partial charge on any atom is -0.492 e. The van der Waals surface area contributed by atoms with Crippen molar-refractivity contribution in [1.82, 2.24) is 4.98 Å². The highest BCUT2D eigenvalue weighted by atomic mass is 35.5. The Morgan fingerprint density at radius 3 is 2.89 bits per heavy atom. The molecule has 98 valence electrons. The van der Waals surface area contributed by atoms with Gasteiger partial charge in [0.2, 0.25) is 0 Å². The topological polar surface area (TPSA) is 72.0 Å². The molecule has 0 unspecified atom stereocenters. The average molecular weight is 276 g/mol. The normalized spacial score (nSPS) is 10.2. The van der Waals surface area contributed by atoms with Gasteiger partial charge in [0.1, 0.15) is 11.6 Å². The van der Waals surface area contributed by atoms with Gasteiger partial charge >= 0.3 is 0 Å². The highest BCUT2D eigenvalue weighted by Gasteiger charge is 2.07. The molecule has 0 amide bonds. The molecule has 0 saturated heterocycles. The molecule has 0 aliphatic heterocycles. The van der Waals surface area contributed by atoms with Crippen molar-refractivity contribution in [1.29, 1.82) is 5.41 Å². The number of nitrogens with zero attached hydrogens (tertiary/aromatic N) is 1. The van der Waals surface area contributed by atoms with Crippen molar-refractivity contribution in [2.75, 3.05) is 6.61 Å².